The Morgan fingerprint density at radius 2 is 1.39 bits per heavy atom. The second-order valence-electron chi connectivity index (χ2n) is 10.2. The van der Waals surface area contributed by atoms with Gasteiger partial charge in [-0.1, -0.05) is 84.6 Å². The SMILES string of the molecule is CC[C@H](C)NC(=O)[C@H](CC)N(Cc1ccc(C)cc1)C(=O)CN(c1cc(Cl)cc(Cl)c1)S(=O)(=O)c1ccc(C)cc1. The maximum Gasteiger partial charge on any atom is 0.264 e. The van der Waals surface area contributed by atoms with Crippen molar-refractivity contribution in [3.8, 4) is 0 Å². The first-order valence-electron chi connectivity index (χ1n) is 13.6. The van der Waals surface area contributed by atoms with E-state index in [2.05, 4.69) is 5.32 Å². The molecule has 3 aromatic rings. The lowest BCUT2D eigenvalue weighted by atomic mass is 10.1. The van der Waals surface area contributed by atoms with E-state index < -0.39 is 28.5 Å². The first kappa shape index (κ1) is 32.4. The average molecular weight is 619 g/mol. The molecule has 0 fully saturated rings. The molecule has 220 valence electrons. The van der Waals surface area contributed by atoms with Gasteiger partial charge in [0.15, 0.2) is 0 Å². The number of hydrogen-bond acceptors (Lipinski definition) is 4. The van der Waals surface area contributed by atoms with Crippen LogP contribution in [0.3, 0.4) is 0 Å². The molecule has 0 unspecified atom stereocenters. The summed E-state index contributed by atoms with van der Waals surface area (Å²) in [6.07, 6.45) is 1.07. The van der Waals surface area contributed by atoms with Gasteiger partial charge in [-0.05, 0) is 69.5 Å². The van der Waals surface area contributed by atoms with Crippen molar-refractivity contribution in [3.63, 3.8) is 0 Å². The first-order chi connectivity index (χ1) is 19.3. The molecule has 0 aliphatic heterocycles. The number of anilines is 1. The molecule has 1 N–H and O–H groups in total. The Kier molecular flexibility index (Phi) is 11.2. The fourth-order valence-electron chi connectivity index (χ4n) is 4.30. The molecule has 10 heteroatoms. The van der Waals surface area contributed by atoms with Gasteiger partial charge in [0, 0.05) is 22.6 Å². The van der Waals surface area contributed by atoms with E-state index in [9.17, 15) is 18.0 Å². The summed E-state index contributed by atoms with van der Waals surface area (Å²) in [5.74, 6) is -0.829. The van der Waals surface area contributed by atoms with E-state index in [1.54, 1.807) is 12.1 Å². The zero-order chi connectivity index (χ0) is 30.3. The summed E-state index contributed by atoms with van der Waals surface area (Å²) >= 11 is 12.5. The molecule has 2 amide bonds. The van der Waals surface area contributed by atoms with Crippen molar-refractivity contribution >= 4 is 50.7 Å². The molecule has 3 rings (SSSR count). The molecule has 0 bridgehead atoms. The van der Waals surface area contributed by atoms with E-state index >= 15 is 0 Å². The van der Waals surface area contributed by atoms with Gasteiger partial charge in [0.05, 0.1) is 10.6 Å². The van der Waals surface area contributed by atoms with Crippen molar-refractivity contribution in [1.29, 1.82) is 0 Å². The van der Waals surface area contributed by atoms with Gasteiger partial charge in [0.2, 0.25) is 11.8 Å². The van der Waals surface area contributed by atoms with Crippen molar-refractivity contribution < 1.29 is 18.0 Å². The predicted molar refractivity (Wildman–Crippen MR) is 166 cm³/mol. The molecule has 41 heavy (non-hydrogen) atoms. The number of carbonyl (C=O) groups is 2. The lowest BCUT2D eigenvalue weighted by Crippen LogP contribution is -2.53. The van der Waals surface area contributed by atoms with Gasteiger partial charge in [-0.2, -0.15) is 0 Å². The molecule has 0 aliphatic rings. The summed E-state index contributed by atoms with van der Waals surface area (Å²) < 4.78 is 28.9. The lowest BCUT2D eigenvalue weighted by molar-refractivity contribution is -0.140. The Morgan fingerprint density at radius 1 is 0.854 bits per heavy atom. The molecule has 3 aromatic carbocycles. The number of sulfonamides is 1. The van der Waals surface area contributed by atoms with Crippen molar-refractivity contribution in [2.45, 2.75) is 71.0 Å². The number of halogens is 2. The summed E-state index contributed by atoms with van der Waals surface area (Å²) in [6, 6.07) is 17.5. The normalized spacial score (nSPS) is 12.9. The predicted octanol–water partition coefficient (Wildman–Crippen LogP) is 6.53. The van der Waals surface area contributed by atoms with E-state index in [4.69, 9.17) is 23.2 Å². The smallest absolute Gasteiger partial charge is 0.264 e. The Morgan fingerprint density at radius 3 is 1.90 bits per heavy atom. The second kappa shape index (κ2) is 14.2. The molecule has 0 aliphatic carbocycles. The molecular formula is C31H37Cl2N3O4S. The molecule has 2 atom stereocenters. The maximum atomic E-state index is 14.1. The highest BCUT2D eigenvalue weighted by Gasteiger charge is 2.34. The first-order valence-corrected chi connectivity index (χ1v) is 15.8. The van der Waals surface area contributed by atoms with Crippen LogP contribution < -0.4 is 9.62 Å². The molecule has 0 radical (unpaired) electrons. The van der Waals surface area contributed by atoms with Crippen LogP contribution in [0.2, 0.25) is 10.0 Å². The minimum atomic E-state index is -4.22. The fourth-order valence-corrected chi connectivity index (χ4v) is 6.21. The highest BCUT2D eigenvalue weighted by molar-refractivity contribution is 7.92. The summed E-state index contributed by atoms with van der Waals surface area (Å²) in [5, 5.41) is 3.42. The third-order valence-electron chi connectivity index (χ3n) is 6.88. The molecular weight excluding hydrogens is 581 g/mol. The van der Waals surface area contributed by atoms with E-state index in [1.807, 2.05) is 58.9 Å². The molecule has 0 aromatic heterocycles. The summed E-state index contributed by atoms with van der Waals surface area (Å²) in [6.45, 7) is 9.07. The minimum absolute atomic E-state index is 0.0126. The lowest BCUT2D eigenvalue weighted by Gasteiger charge is -2.33. The number of carbonyl (C=O) groups excluding carboxylic acids is 2. The standard InChI is InChI=1S/C31H37Cl2N3O4S/c1-6-23(5)34-31(38)29(7-2)35(19-24-12-8-21(3)9-13-24)30(37)20-36(27-17-25(32)16-26(33)18-27)41(39,40)28-14-10-22(4)11-15-28/h8-18,23,29H,6-7,19-20H2,1-5H3,(H,34,38)/t23-,29-/m0/s1. The van der Waals surface area contributed by atoms with Crippen molar-refractivity contribution in [2.24, 2.45) is 0 Å². The molecule has 0 saturated heterocycles. The van der Waals surface area contributed by atoms with Crippen molar-refractivity contribution in [2.75, 3.05) is 10.8 Å². The third-order valence-corrected chi connectivity index (χ3v) is 9.11. The molecule has 0 heterocycles. The average Bonchev–Trinajstić information content (AvgIpc) is 2.92. The van der Waals surface area contributed by atoms with Crippen LogP contribution in [0.25, 0.3) is 0 Å². The van der Waals surface area contributed by atoms with Crippen LogP contribution in [-0.4, -0.2) is 43.8 Å². The van der Waals surface area contributed by atoms with Crippen LogP contribution in [0.1, 0.15) is 50.3 Å². The van der Waals surface area contributed by atoms with Crippen LogP contribution >= 0.6 is 23.2 Å². The molecule has 7 nitrogen and oxygen atoms in total. The van der Waals surface area contributed by atoms with Crippen molar-refractivity contribution in [1.82, 2.24) is 10.2 Å². The zero-order valence-electron chi connectivity index (χ0n) is 24.0. The van der Waals surface area contributed by atoms with Gasteiger partial charge in [0.25, 0.3) is 10.0 Å². The Balaban J connectivity index is 2.09. The van der Waals surface area contributed by atoms with Crippen LogP contribution in [0.4, 0.5) is 5.69 Å². The number of nitrogens with zero attached hydrogens (tertiary/aromatic N) is 2. The summed E-state index contributed by atoms with van der Waals surface area (Å²) in [4.78, 5) is 29.0. The van der Waals surface area contributed by atoms with Crippen molar-refractivity contribution in [3.05, 3.63) is 93.5 Å². The number of amides is 2. The van der Waals surface area contributed by atoms with Crippen LogP contribution in [0, 0.1) is 13.8 Å². The van der Waals surface area contributed by atoms with E-state index in [0.717, 1.165) is 27.4 Å². The van der Waals surface area contributed by atoms with Gasteiger partial charge in [-0.15, -0.1) is 0 Å². The maximum absolute atomic E-state index is 14.1. The Labute approximate surface area is 253 Å². The molecule has 0 saturated carbocycles. The number of aryl methyl sites for hydroxylation is 2. The highest BCUT2D eigenvalue weighted by Crippen LogP contribution is 2.30. The second-order valence-corrected chi connectivity index (χ2v) is 12.9. The van der Waals surface area contributed by atoms with E-state index in [0.29, 0.717) is 6.42 Å². The van der Waals surface area contributed by atoms with Gasteiger partial charge < -0.3 is 10.2 Å². The summed E-state index contributed by atoms with van der Waals surface area (Å²) in [5.41, 5.74) is 2.91. The number of hydrogen-bond donors (Lipinski definition) is 1. The van der Waals surface area contributed by atoms with Crippen LogP contribution in [0.5, 0.6) is 0 Å². The van der Waals surface area contributed by atoms with Crippen LogP contribution in [0.15, 0.2) is 71.6 Å². The van der Waals surface area contributed by atoms with Gasteiger partial charge >= 0.3 is 0 Å². The monoisotopic (exact) mass is 617 g/mol. The van der Waals surface area contributed by atoms with Crippen LogP contribution in [-0.2, 0) is 26.2 Å². The van der Waals surface area contributed by atoms with Gasteiger partial charge in [0.1, 0.15) is 12.6 Å². The third kappa shape index (κ3) is 8.47. The zero-order valence-corrected chi connectivity index (χ0v) is 26.4. The van der Waals surface area contributed by atoms with E-state index in [1.165, 1.54) is 35.2 Å². The summed E-state index contributed by atoms with van der Waals surface area (Å²) in [7, 11) is -4.22. The number of rotatable bonds is 12. The minimum Gasteiger partial charge on any atom is -0.352 e. The number of benzene rings is 3. The largest absolute Gasteiger partial charge is 0.352 e. The molecule has 0 spiro atoms. The number of nitrogens with one attached hydrogen (secondary N) is 1. The van der Waals surface area contributed by atoms with Gasteiger partial charge in [-0.3, -0.25) is 13.9 Å². The Bertz CT molecular complexity index is 1440. The highest BCUT2D eigenvalue weighted by atomic mass is 35.5. The Hall–Kier alpha value is -3.07. The topological polar surface area (TPSA) is 86.8 Å². The fraction of sp³-hybridized carbons (Fsp3) is 0.355. The van der Waals surface area contributed by atoms with Gasteiger partial charge in [-0.25, -0.2) is 8.42 Å². The quantitative estimate of drug-likeness (QED) is 0.250. The van der Waals surface area contributed by atoms with E-state index in [-0.39, 0.29) is 39.1 Å².